The van der Waals surface area contributed by atoms with Crippen molar-refractivity contribution in [1.82, 2.24) is 15.2 Å². The van der Waals surface area contributed by atoms with Gasteiger partial charge in [0.05, 0.1) is 0 Å². The lowest BCUT2D eigenvalue weighted by atomic mass is 10.1. The van der Waals surface area contributed by atoms with Crippen LogP contribution in [0.25, 0.3) is 0 Å². The normalized spacial score (nSPS) is 17.5. The van der Waals surface area contributed by atoms with Crippen molar-refractivity contribution in [3.8, 4) is 0 Å². The molecule has 0 saturated carbocycles. The van der Waals surface area contributed by atoms with Crippen LogP contribution >= 0.6 is 0 Å². The molecule has 1 fully saturated rings. The largest absolute Gasteiger partial charge is 0.354 e. The summed E-state index contributed by atoms with van der Waals surface area (Å²) in [7, 11) is 0. The van der Waals surface area contributed by atoms with E-state index in [1.807, 2.05) is 12.3 Å². The molecule has 1 aromatic rings. The summed E-state index contributed by atoms with van der Waals surface area (Å²) in [5, 5.41) is 3.57. The van der Waals surface area contributed by atoms with Crippen LogP contribution in [0.3, 0.4) is 0 Å². The van der Waals surface area contributed by atoms with E-state index in [-0.39, 0.29) is 5.54 Å². The van der Waals surface area contributed by atoms with Gasteiger partial charge >= 0.3 is 0 Å². The first-order chi connectivity index (χ1) is 9.87. The number of piperazine rings is 1. The van der Waals surface area contributed by atoms with E-state index < -0.39 is 0 Å². The van der Waals surface area contributed by atoms with E-state index in [9.17, 15) is 0 Å². The maximum Gasteiger partial charge on any atom is 0.133 e. The van der Waals surface area contributed by atoms with E-state index in [0.717, 1.165) is 38.5 Å². The zero-order valence-electron chi connectivity index (χ0n) is 14.2. The molecule has 2 heterocycles. The van der Waals surface area contributed by atoms with Crippen molar-refractivity contribution in [3.05, 3.63) is 23.9 Å². The zero-order valence-corrected chi connectivity index (χ0v) is 14.2. The number of hydrogen-bond acceptors (Lipinski definition) is 4. The molecule has 0 spiro atoms. The summed E-state index contributed by atoms with van der Waals surface area (Å²) < 4.78 is 0. The van der Waals surface area contributed by atoms with Crippen molar-refractivity contribution in [3.63, 3.8) is 0 Å². The molecule has 1 aromatic heterocycles. The van der Waals surface area contributed by atoms with Gasteiger partial charge in [0.25, 0.3) is 0 Å². The molecule has 0 bridgehead atoms. The first-order valence-corrected chi connectivity index (χ1v) is 8.05. The predicted octanol–water partition coefficient (Wildman–Crippen LogP) is 2.50. The second-order valence-corrected chi connectivity index (χ2v) is 7.21. The third-order valence-corrected chi connectivity index (χ3v) is 4.02. The Morgan fingerprint density at radius 3 is 2.43 bits per heavy atom. The summed E-state index contributed by atoms with van der Waals surface area (Å²) in [5.41, 5.74) is 1.43. The topological polar surface area (TPSA) is 31.4 Å². The fraction of sp³-hybridized carbons (Fsp3) is 0.706. The molecule has 0 atom stereocenters. The highest BCUT2D eigenvalue weighted by Crippen LogP contribution is 2.20. The minimum Gasteiger partial charge on any atom is -0.354 e. The molecule has 0 aliphatic carbocycles. The molecule has 1 saturated heterocycles. The lowest BCUT2D eigenvalue weighted by Gasteiger charge is -2.38. The minimum absolute atomic E-state index is 0.128. The summed E-state index contributed by atoms with van der Waals surface area (Å²) in [6, 6.07) is 4.86. The Hall–Kier alpha value is -1.13. The van der Waals surface area contributed by atoms with Crippen molar-refractivity contribution < 1.29 is 0 Å². The van der Waals surface area contributed by atoms with E-state index in [1.165, 1.54) is 5.56 Å². The van der Waals surface area contributed by atoms with Crippen molar-refractivity contribution in [2.75, 3.05) is 31.1 Å². The third-order valence-electron chi connectivity index (χ3n) is 4.02. The van der Waals surface area contributed by atoms with Gasteiger partial charge in [-0.15, -0.1) is 0 Å². The summed E-state index contributed by atoms with van der Waals surface area (Å²) in [5.74, 6) is 1.15. The number of anilines is 1. The molecule has 1 aliphatic heterocycles. The zero-order chi connectivity index (χ0) is 15.5. The van der Waals surface area contributed by atoms with Crippen LogP contribution in [-0.4, -0.2) is 47.6 Å². The van der Waals surface area contributed by atoms with Gasteiger partial charge < -0.3 is 10.2 Å². The lowest BCUT2D eigenvalue weighted by Crippen LogP contribution is -2.49. The fourth-order valence-electron chi connectivity index (χ4n) is 2.66. The van der Waals surface area contributed by atoms with Gasteiger partial charge in [0.2, 0.25) is 0 Å². The molecule has 1 aliphatic rings. The number of pyridine rings is 1. The average molecular weight is 290 g/mol. The molecule has 0 unspecified atom stereocenters. The number of rotatable bonds is 4. The molecule has 0 aromatic carbocycles. The first-order valence-electron chi connectivity index (χ1n) is 8.05. The highest BCUT2D eigenvalue weighted by Gasteiger charge is 2.21. The molecule has 21 heavy (non-hydrogen) atoms. The van der Waals surface area contributed by atoms with E-state index >= 15 is 0 Å². The fourth-order valence-corrected chi connectivity index (χ4v) is 2.66. The Labute approximate surface area is 129 Å². The Kier molecular flexibility index (Phi) is 5.22. The molecular formula is C17H30N4. The highest BCUT2D eigenvalue weighted by atomic mass is 15.3. The Balaban J connectivity index is 2.03. The minimum atomic E-state index is 0.128. The van der Waals surface area contributed by atoms with E-state index in [0.29, 0.717) is 6.04 Å². The van der Waals surface area contributed by atoms with Gasteiger partial charge in [-0.05, 0) is 40.7 Å². The Morgan fingerprint density at radius 1 is 1.19 bits per heavy atom. The summed E-state index contributed by atoms with van der Waals surface area (Å²) in [4.78, 5) is 9.60. The quantitative estimate of drug-likeness (QED) is 0.923. The van der Waals surface area contributed by atoms with Crippen LogP contribution in [0.4, 0.5) is 5.82 Å². The van der Waals surface area contributed by atoms with Crippen LogP contribution in [0.2, 0.25) is 0 Å². The van der Waals surface area contributed by atoms with Gasteiger partial charge in [-0.2, -0.15) is 0 Å². The van der Waals surface area contributed by atoms with Crippen molar-refractivity contribution in [2.45, 2.75) is 52.7 Å². The maximum atomic E-state index is 4.64. The van der Waals surface area contributed by atoms with Crippen LogP contribution in [0.5, 0.6) is 0 Å². The third kappa shape index (κ3) is 4.68. The van der Waals surface area contributed by atoms with Gasteiger partial charge in [0.1, 0.15) is 5.82 Å². The first kappa shape index (κ1) is 16.2. The number of aromatic nitrogens is 1. The maximum absolute atomic E-state index is 4.64. The number of hydrogen-bond donors (Lipinski definition) is 1. The average Bonchev–Trinajstić information content (AvgIpc) is 2.45. The van der Waals surface area contributed by atoms with Gasteiger partial charge in [-0.25, -0.2) is 4.98 Å². The smallest absolute Gasteiger partial charge is 0.133 e. The second kappa shape index (κ2) is 6.75. The van der Waals surface area contributed by atoms with E-state index in [1.54, 1.807) is 0 Å². The molecule has 4 nitrogen and oxygen atoms in total. The molecule has 4 heteroatoms. The SMILES string of the molecule is CC(C)N1CCN(c2ncccc2CNC(C)(C)C)CC1. The van der Waals surface area contributed by atoms with Crippen LogP contribution < -0.4 is 10.2 Å². The van der Waals surface area contributed by atoms with Crippen LogP contribution in [0.15, 0.2) is 18.3 Å². The van der Waals surface area contributed by atoms with Crippen LogP contribution in [-0.2, 0) is 6.54 Å². The highest BCUT2D eigenvalue weighted by molar-refractivity contribution is 5.47. The van der Waals surface area contributed by atoms with Gasteiger partial charge in [-0.1, -0.05) is 6.07 Å². The molecule has 2 rings (SSSR count). The Morgan fingerprint density at radius 2 is 1.86 bits per heavy atom. The molecule has 0 radical (unpaired) electrons. The van der Waals surface area contributed by atoms with E-state index in [4.69, 9.17) is 0 Å². The summed E-state index contributed by atoms with van der Waals surface area (Å²) in [6.45, 7) is 16.4. The van der Waals surface area contributed by atoms with Crippen molar-refractivity contribution in [2.24, 2.45) is 0 Å². The standard InChI is InChI=1S/C17H30N4/c1-14(2)20-9-11-21(12-10-20)16-15(7-6-8-18-16)13-19-17(3,4)5/h6-8,14,19H,9-13H2,1-5H3. The number of nitrogens with zero attached hydrogens (tertiary/aromatic N) is 3. The molecular weight excluding hydrogens is 260 g/mol. The second-order valence-electron chi connectivity index (χ2n) is 7.21. The van der Waals surface area contributed by atoms with Crippen molar-refractivity contribution >= 4 is 5.82 Å². The predicted molar refractivity (Wildman–Crippen MR) is 89.8 cm³/mol. The summed E-state index contributed by atoms with van der Waals surface area (Å²) >= 11 is 0. The molecule has 1 N–H and O–H groups in total. The van der Waals surface area contributed by atoms with Crippen LogP contribution in [0.1, 0.15) is 40.2 Å². The van der Waals surface area contributed by atoms with Gasteiger partial charge in [-0.3, -0.25) is 4.90 Å². The van der Waals surface area contributed by atoms with E-state index in [2.05, 4.69) is 60.8 Å². The van der Waals surface area contributed by atoms with Gasteiger partial charge in [0.15, 0.2) is 0 Å². The van der Waals surface area contributed by atoms with Gasteiger partial charge in [0, 0.05) is 56.1 Å². The monoisotopic (exact) mass is 290 g/mol. The number of nitrogens with one attached hydrogen (secondary N) is 1. The Bertz CT molecular complexity index is 442. The molecule has 0 amide bonds. The van der Waals surface area contributed by atoms with Crippen molar-refractivity contribution in [1.29, 1.82) is 0 Å². The van der Waals surface area contributed by atoms with Crippen LogP contribution in [0, 0.1) is 0 Å². The lowest BCUT2D eigenvalue weighted by molar-refractivity contribution is 0.209. The molecule has 118 valence electrons. The summed E-state index contributed by atoms with van der Waals surface area (Å²) in [6.07, 6.45) is 1.91.